The van der Waals surface area contributed by atoms with Crippen LogP contribution >= 0.6 is 7.82 Å². The molecule has 0 bridgehead atoms. The second-order valence-corrected chi connectivity index (χ2v) is 25.6. The highest BCUT2D eigenvalue weighted by molar-refractivity contribution is 7.47. The van der Waals surface area contributed by atoms with E-state index in [1.807, 2.05) is 27.2 Å². The van der Waals surface area contributed by atoms with E-state index in [1.165, 1.54) is 193 Å². The fourth-order valence-corrected chi connectivity index (χ4v) is 10.4. The van der Waals surface area contributed by atoms with Crippen LogP contribution in [0.5, 0.6) is 0 Å². The van der Waals surface area contributed by atoms with Gasteiger partial charge in [0.1, 0.15) is 13.2 Å². The van der Waals surface area contributed by atoms with Crippen LogP contribution in [0.25, 0.3) is 0 Å². The van der Waals surface area contributed by atoms with E-state index in [0.717, 1.165) is 83.5 Å². The van der Waals surface area contributed by atoms with Gasteiger partial charge in [0.05, 0.1) is 39.9 Å². The first-order valence-electron chi connectivity index (χ1n) is 34.3. The first kappa shape index (κ1) is 79.2. The molecule has 0 aromatic rings. The van der Waals surface area contributed by atoms with E-state index in [9.17, 15) is 19.4 Å². The molecule has 0 spiro atoms. The molecule has 0 radical (unpaired) electrons. The molecule has 0 aromatic heterocycles. The van der Waals surface area contributed by atoms with Crippen molar-refractivity contribution in [3.05, 3.63) is 109 Å². The lowest BCUT2D eigenvalue weighted by Crippen LogP contribution is -2.45. The monoisotopic (exact) mass is 1160 g/mol. The number of phosphoric acid groups is 1. The molecule has 0 rings (SSSR count). The number of rotatable bonds is 62. The molecule has 474 valence electrons. The second kappa shape index (κ2) is 62.7. The van der Waals surface area contributed by atoms with Crippen molar-refractivity contribution in [3.8, 4) is 0 Å². The number of hydrogen-bond donors (Lipinski definition) is 3. The number of hydrogen-bond acceptors (Lipinski definition) is 5. The number of phosphoric ester groups is 1. The van der Waals surface area contributed by atoms with Crippen LogP contribution in [-0.2, 0) is 18.4 Å². The summed E-state index contributed by atoms with van der Waals surface area (Å²) in [5.41, 5.74) is 0. The number of amides is 1. The number of unbranched alkanes of at least 4 members (excludes halogenated alkanes) is 33. The van der Waals surface area contributed by atoms with Gasteiger partial charge < -0.3 is 19.8 Å². The minimum absolute atomic E-state index is 0.0522. The average Bonchev–Trinajstić information content (AvgIpc) is 3.45. The smallest absolute Gasteiger partial charge is 0.387 e. The summed E-state index contributed by atoms with van der Waals surface area (Å²) < 4.78 is 23.8. The third-order valence-corrected chi connectivity index (χ3v) is 16.0. The highest BCUT2D eigenvalue weighted by atomic mass is 31.2. The fourth-order valence-electron chi connectivity index (χ4n) is 9.69. The first-order valence-corrected chi connectivity index (χ1v) is 35.8. The molecule has 8 nitrogen and oxygen atoms in total. The molecule has 1 amide bonds. The van der Waals surface area contributed by atoms with Crippen LogP contribution in [0.2, 0.25) is 0 Å². The second-order valence-electron chi connectivity index (χ2n) is 24.2. The fraction of sp³-hybridized carbons (Fsp3) is 0.740. The van der Waals surface area contributed by atoms with E-state index in [1.54, 1.807) is 6.08 Å². The Morgan fingerprint density at radius 3 is 1.12 bits per heavy atom. The highest BCUT2D eigenvalue weighted by Crippen LogP contribution is 2.43. The number of nitrogens with zero attached hydrogens (tertiary/aromatic N) is 1. The number of allylic oxidation sites excluding steroid dienone is 17. The molecule has 82 heavy (non-hydrogen) atoms. The highest BCUT2D eigenvalue weighted by Gasteiger charge is 2.28. The average molecular weight is 1160 g/mol. The van der Waals surface area contributed by atoms with Crippen LogP contribution in [0.1, 0.15) is 296 Å². The van der Waals surface area contributed by atoms with Gasteiger partial charge in [0.15, 0.2) is 0 Å². The van der Waals surface area contributed by atoms with E-state index in [2.05, 4.69) is 116 Å². The molecule has 0 saturated carbocycles. The summed E-state index contributed by atoms with van der Waals surface area (Å²) in [4.78, 5) is 23.4. The minimum atomic E-state index is -4.37. The van der Waals surface area contributed by atoms with Crippen molar-refractivity contribution >= 4 is 13.7 Å². The van der Waals surface area contributed by atoms with Crippen LogP contribution < -0.4 is 5.32 Å². The van der Waals surface area contributed by atoms with Crippen molar-refractivity contribution in [2.24, 2.45) is 0 Å². The van der Waals surface area contributed by atoms with Crippen LogP contribution in [0.3, 0.4) is 0 Å². The largest absolute Gasteiger partial charge is 0.472 e. The summed E-state index contributed by atoms with van der Waals surface area (Å²) in [7, 11) is 1.55. The van der Waals surface area contributed by atoms with E-state index in [-0.39, 0.29) is 19.1 Å². The number of nitrogens with one attached hydrogen (secondary N) is 1. The molecule has 3 atom stereocenters. The predicted molar refractivity (Wildman–Crippen MR) is 359 cm³/mol. The topological polar surface area (TPSA) is 105 Å². The molecule has 0 heterocycles. The van der Waals surface area contributed by atoms with Crippen molar-refractivity contribution in [3.63, 3.8) is 0 Å². The lowest BCUT2D eigenvalue weighted by Gasteiger charge is -2.25. The maximum atomic E-state index is 13.0. The van der Waals surface area contributed by atoms with Crippen LogP contribution in [-0.4, -0.2) is 73.4 Å². The van der Waals surface area contributed by atoms with Crippen LogP contribution in [0.4, 0.5) is 0 Å². The lowest BCUT2D eigenvalue weighted by molar-refractivity contribution is -0.870. The number of aliphatic hydroxyl groups is 1. The zero-order chi connectivity index (χ0) is 59.8. The summed E-state index contributed by atoms with van der Waals surface area (Å²) in [5, 5.41) is 14.0. The molecule has 9 heteroatoms. The Kier molecular flexibility index (Phi) is 60.5. The molecule has 3 unspecified atom stereocenters. The van der Waals surface area contributed by atoms with Crippen molar-refractivity contribution < 1.29 is 32.9 Å². The summed E-state index contributed by atoms with van der Waals surface area (Å²) in [5.74, 6) is -0.189. The Balaban J connectivity index is 4.14. The van der Waals surface area contributed by atoms with Gasteiger partial charge in [0, 0.05) is 6.42 Å². The van der Waals surface area contributed by atoms with Gasteiger partial charge in [-0.15, -0.1) is 0 Å². The Labute approximate surface area is 508 Å². The number of carbonyl (C=O) groups is 1. The van der Waals surface area contributed by atoms with Crippen molar-refractivity contribution in [2.45, 2.75) is 309 Å². The standard InChI is InChI=1S/C73H131N2O6P/c1-6-8-10-12-14-16-18-20-22-24-26-28-30-32-33-34-35-36-37-38-39-40-41-43-45-47-49-51-53-55-57-59-61-63-65-67-73(77)74-71(70-81-82(78,79)80-69-68-75(3,4)5)72(76)66-64-62-60-58-56-54-52-50-48-46-44-42-31-29-27-25-23-21-19-17-15-13-11-9-7-2/h8,10,14,16,20,22,26,28,32-33,35-36,38-39,56,58,64,66,71-72,76H,6-7,9,11-13,15,17-19,21,23-25,27,29-31,34,37,40-55,57,59-63,65,67-70H2,1-5H3,(H-,74,77,78,79)/p+1/b10-8-,16-14-,22-20-,28-26-,33-32-,36-35-,39-38-,58-56+,66-64+. The Morgan fingerprint density at radius 1 is 0.427 bits per heavy atom. The van der Waals surface area contributed by atoms with E-state index >= 15 is 0 Å². The SMILES string of the molecule is CC/C=C\C/C=C\C/C=C\C/C=C\C/C=C\C/C=C\C/C=C\CCCCCCCCCCCCCCCC(=O)NC(COP(=O)(O)OCC[N+](C)(C)C)C(O)/C=C/CC/C=C/CCCCCCCCCCCCCCCCCCCCC. The van der Waals surface area contributed by atoms with Crippen molar-refractivity contribution in [2.75, 3.05) is 40.9 Å². The van der Waals surface area contributed by atoms with Gasteiger partial charge in [-0.25, -0.2) is 4.57 Å². The molecule has 0 saturated heterocycles. The number of quaternary nitrogens is 1. The lowest BCUT2D eigenvalue weighted by atomic mass is 10.0. The Morgan fingerprint density at radius 2 is 0.744 bits per heavy atom. The third kappa shape index (κ3) is 64.7. The van der Waals surface area contributed by atoms with Crippen LogP contribution in [0, 0.1) is 0 Å². The normalized spacial score (nSPS) is 14.4. The van der Waals surface area contributed by atoms with Gasteiger partial charge in [-0.1, -0.05) is 309 Å². The molecular formula is C73H132N2O6P+. The molecule has 0 aliphatic rings. The molecule has 3 N–H and O–H groups in total. The zero-order valence-corrected chi connectivity index (χ0v) is 55.1. The molecule has 0 aliphatic carbocycles. The molecule has 0 aromatic carbocycles. The number of aliphatic hydroxyl groups excluding tert-OH is 1. The quantitative estimate of drug-likeness (QED) is 0.0243. The van der Waals surface area contributed by atoms with Crippen molar-refractivity contribution in [1.29, 1.82) is 0 Å². The van der Waals surface area contributed by atoms with Crippen LogP contribution in [0.15, 0.2) is 109 Å². The van der Waals surface area contributed by atoms with Crippen molar-refractivity contribution in [1.82, 2.24) is 5.32 Å². The minimum Gasteiger partial charge on any atom is -0.387 e. The Bertz CT molecular complexity index is 1700. The van der Waals surface area contributed by atoms with Gasteiger partial charge >= 0.3 is 7.82 Å². The number of carbonyl (C=O) groups excluding carboxylic acids is 1. The summed E-state index contributed by atoms with van der Waals surface area (Å²) in [6, 6.07) is -0.872. The number of likely N-dealkylation sites (N-methyl/N-ethyl adjacent to an activating group) is 1. The van der Waals surface area contributed by atoms with Gasteiger partial charge in [0.2, 0.25) is 5.91 Å². The maximum absolute atomic E-state index is 13.0. The van der Waals surface area contributed by atoms with Gasteiger partial charge in [0.25, 0.3) is 0 Å². The maximum Gasteiger partial charge on any atom is 0.472 e. The summed E-state index contributed by atoms with van der Waals surface area (Å²) in [6.45, 7) is 4.70. The first-order chi connectivity index (χ1) is 40.0. The van der Waals surface area contributed by atoms with Gasteiger partial charge in [-0.2, -0.15) is 0 Å². The van der Waals surface area contributed by atoms with Gasteiger partial charge in [-0.3, -0.25) is 13.8 Å². The van der Waals surface area contributed by atoms with E-state index in [4.69, 9.17) is 9.05 Å². The summed E-state index contributed by atoms with van der Waals surface area (Å²) >= 11 is 0. The Hall–Kier alpha value is -2.84. The van der Waals surface area contributed by atoms with Gasteiger partial charge in [-0.05, 0) is 89.9 Å². The molecule has 0 fully saturated rings. The zero-order valence-electron chi connectivity index (χ0n) is 54.2. The third-order valence-electron chi connectivity index (χ3n) is 15.0. The van der Waals surface area contributed by atoms with E-state index in [0.29, 0.717) is 17.4 Å². The van der Waals surface area contributed by atoms with E-state index < -0.39 is 20.0 Å². The summed E-state index contributed by atoms with van der Waals surface area (Å²) in [6.07, 6.45) is 92.3. The molecule has 0 aliphatic heterocycles. The predicted octanol–water partition coefficient (Wildman–Crippen LogP) is 21.9. The molecular weight excluding hydrogens is 1030 g/mol.